The molecule has 0 saturated carbocycles. The number of nitrogens with two attached hydrogens (primary N) is 1. The molecule has 1 aromatic rings. The minimum absolute atomic E-state index is 1.10. The summed E-state index contributed by atoms with van der Waals surface area (Å²) in [5, 5.41) is 2.23. The number of quaternary nitrogens is 1. The molecule has 0 amide bonds. The van der Waals surface area contributed by atoms with Crippen LogP contribution in [0, 0.1) is 0 Å². The van der Waals surface area contributed by atoms with Gasteiger partial charge >= 0.3 is 0 Å². The topological polar surface area (TPSA) is 16.6 Å². The van der Waals surface area contributed by atoms with Gasteiger partial charge in [0.2, 0.25) is 0 Å². The van der Waals surface area contributed by atoms with E-state index in [2.05, 4.69) is 35.8 Å². The van der Waals surface area contributed by atoms with Gasteiger partial charge in [-0.2, -0.15) is 0 Å². The van der Waals surface area contributed by atoms with Crippen LogP contribution in [0.25, 0.3) is 0 Å². The van der Waals surface area contributed by atoms with Crippen LogP contribution < -0.4 is 5.32 Å². The van der Waals surface area contributed by atoms with Gasteiger partial charge in [0.25, 0.3) is 0 Å². The predicted octanol–water partition coefficient (Wildman–Crippen LogP) is 1.20. The van der Waals surface area contributed by atoms with E-state index in [0.29, 0.717) is 0 Å². The lowest BCUT2D eigenvalue weighted by Crippen LogP contribution is -2.76. The normalized spacial score (nSPS) is 9.70. The Hall–Kier alpha value is -0.470. The molecule has 0 aliphatic heterocycles. The fraction of sp³-hybridized carbons (Fsp3) is 0.250. The standard InChI is InChI=1S/C8H11NS/c1-10-7-9-8-5-3-2-4-6-8/h2-6,9H,7H2,1H3/p+1. The number of rotatable bonds is 3. The largest absolute Gasteiger partial charge is 0.305 e. The van der Waals surface area contributed by atoms with Crippen molar-refractivity contribution in [3.8, 4) is 0 Å². The van der Waals surface area contributed by atoms with E-state index in [-0.39, 0.29) is 0 Å². The first-order chi connectivity index (χ1) is 4.93. The Balaban J connectivity index is 2.43. The SMILES string of the molecule is CSC[NH2+]c1ccccc1. The van der Waals surface area contributed by atoms with Crippen molar-refractivity contribution in [3.05, 3.63) is 30.3 Å². The van der Waals surface area contributed by atoms with Crippen LogP contribution in [0.15, 0.2) is 30.3 Å². The highest BCUT2D eigenvalue weighted by molar-refractivity contribution is 7.98. The molecule has 2 heteroatoms. The van der Waals surface area contributed by atoms with E-state index in [4.69, 9.17) is 0 Å². The average Bonchev–Trinajstić information content (AvgIpc) is 2.03. The Morgan fingerprint density at radius 1 is 1.30 bits per heavy atom. The molecule has 1 aromatic carbocycles. The third-order valence-corrected chi connectivity index (χ3v) is 1.79. The summed E-state index contributed by atoms with van der Waals surface area (Å²) in [4.78, 5) is 0. The fourth-order valence-electron chi connectivity index (χ4n) is 0.769. The smallest absolute Gasteiger partial charge is 0.130 e. The second-order valence-corrected chi connectivity index (χ2v) is 2.98. The highest BCUT2D eigenvalue weighted by atomic mass is 32.2. The van der Waals surface area contributed by atoms with Gasteiger partial charge in [0.15, 0.2) is 0 Å². The Labute approximate surface area is 65.8 Å². The van der Waals surface area contributed by atoms with Gasteiger partial charge in [0.1, 0.15) is 11.6 Å². The van der Waals surface area contributed by atoms with Gasteiger partial charge in [-0.3, -0.25) is 0 Å². The summed E-state index contributed by atoms with van der Waals surface area (Å²) in [7, 11) is 0. The highest BCUT2D eigenvalue weighted by Gasteiger charge is 1.90. The van der Waals surface area contributed by atoms with Gasteiger partial charge < -0.3 is 5.32 Å². The maximum atomic E-state index is 2.23. The molecular weight excluding hydrogens is 142 g/mol. The number of benzene rings is 1. The van der Waals surface area contributed by atoms with Crippen LogP contribution in [0.2, 0.25) is 0 Å². The van der Waals surface area contributed by atoms with Crippen molar-refractivity contribution in [3.63, 3.8) is 0 Å². The van der Waals surface area contributed by atoms with Crippen LogP contribution in [0.5, 0.6) is 0 Å². The molecule has 1 rings (SSSR count). The minimum atomic E-state index is 1.10. The van der Waals surface area contributed by atoms with Crippen LogP contribution in [-0.2, 0) is 0 Å². The van der Waals surface area contributed by atoms with Crippen molar-refractivity contribution in [2.24, 2.45) is 0 Å². The zero-order valence-corrected chi connectivity index (χ0v) is 6.90. The first-order valence-electron chi connectivity index (χ1n) is 3.30. The van der Waals surface area contributed by atoms with Gasteiger partial charge in [-0.05, 0) is 18.4 Å². The molecule has 0 atom stereocenters. The fourth-order valence-corrected chi connectivity index (χ4v) is 1.13. The molecule has 10 heavy (non-hydrogen) atoms. The van der Waals surface area contributed by atoms with Crippen LogP contribution >= 0.6 is 11.8 Å². The molecule has 0 heterocycles. The molecule has 0 aromatic heterocycles. The summed E-state index contributed by atoms with van der Waals surface area (Å²) in [5.74, 6) is 1.10. The van der Waals surface area contributed by atoms with Crippen molar-refractivity contribution in [1.82, 2.24) is 0 Å². The summed E-state index contributed by atoms with van der Waals surface area (Å²) in [5.41, 5.74) is 1.32. The van der Waals surface area contributed by atoms with Crippen molar-refractivity contribution >= 4 is 17.4 Å². The molecule has 0 fully saturated rings. The van der Waals surface area contributed by atoms with Crippen LogP contribution in [0.3, 0.4) is 0 Å². The lowest BCUT2D eigenvalue weighted by molar-refractivity contribution is -0.550. The van der Waals surface area contributed by atoms with Gasteiger partial charge in [-0.25, -0.2) is 0 Å². The van der Waals surface area contributed by atoms with E-state index >= 15 is 0 Å². The second-order valence-electron chi connectivity index (χ2n) is 2.07. The second kappa shape index (κ2) is 4.36. The summed E-state index contributed by atoms with van der Waals surface area (Å²) < 4.78 is 0. The third-order valence-electron chi connectivity index (χ3n) is 1.29. The van der Waals surface area contributed by atoms with Crippen LogP contribution in [0.4, 0.5) is 5.69 Å². The molecule has 0 spiro atoms. The van der Waals surface area contributed by atoms with Crippen LogP contribution in [0.1, 0.15) is 0 Å². The maximum absolute atomic E-state index is 2.23. The van der Waals surface area contributed by atoms with E-state index < -0.39 is 0 Å². The summed E-state index contributed by atoms with van der Waals surface area (Å²) >= 11 is 1.84. The Morgan fingerprint density at radius 3 is 2.60 bits per heavy atom. The molecule has 1 nitrogen and oxygen atoms in total. The number of thioether (sulfide) groups is 1. The quantitative estimate of drug-likeness (QED) is 0.511. The van der Waals surface area contributed by atoms with Crippen molar-refractivity contribution in [2.75, 3.05) is 12.1 Å². The first-order valence-corrected chi connectivity index (χ1v) is 4.70. The molecule has 54 valence electrons. The zero-order chi connectivity index (χ0) is 7.23. The van der Waals surface area contributed by atoms with E-state index in [0.717, 1.165) is 5.88 Å². The summed E-state index contributed by atoms with van der Waals surface area (Å²) in [6, 6.07) is 10.4. The number of para-hydroxylation sites is 1. The van der Waals surface area contributed by atoms with E-state index in [1.165, 1.54) is 5.69 Å². The summed E-state index contributed by atoms with van der Waals surface area (Å²) in [6.45, 7) is 0. The van der Waals surface area contributed by atoms with E-state index in [1.54, 1.807) is 0 Å². The Morgan fingerprint density at radius 2 is 2.00 bits per heavy atom. The molecule has 0 aliphatic rings. The molecule has 2 N–H and O–H groups in total. The predicted molar refractivity (Wildman–Crippen MR) is 46.4 cm³/mol. The molecule has 0 saturated heterocycles. The zero-order valence-electron chi connectivity index (χ0n) is 6.08. The van der Waals surface area contributed by atoms with Crippen molar-refractivity contribution in [2.45, 2.75) is 0 Å². The van der Waals surface area contributed by atoms with Crippen LogP contribution in [-0.4, -0.2) is 12.1 Å². The van der Waals surface area contributed by atoms with Gasteiger partial charge in [-0.15, -0.1) is 11.8 Å². The molecule has 0 radical (unpaired) electrons. The average molecular weight is 154 g/mol. The third kappa shape index (κ3) is 2.42. The van der Waals surface area contributed by atoms with E-state index in [9.17, 15) is 0 Å². The van der Waals surface area contributed by atoms with Gasteiger partial charge in [0, 0.05) is 0 Å². The number of hydrogen-bond acceptors (Lipinski definition) is 1. The lowest BCUT2D eigenvalue weighted by atomic mass is 10.3. The highest BCUT2D eigenvalue weighted by Crippen LogP contribution is 1.96. The molecule has 0 bridgehead atoms. The van der Waals surface area contributed by atoms with Crippen molar-refractivity contribution in [1.29, 1.82) is 0 Å². The van der Waals surface area contributed by atoms with Crippen molar-refractivity contribution < 1.29 is 5.32 Å². The lowest BCUT2D eigenvalue weighted by Gasteiger charge is -1.95. The first kappa shape index (κ1) is 7.63. The molecule has 0 unspecified atom stereocenters. The van der Waals surface area contributed by atoms with Gasteiger partial charge in [-0.1, -0.05) is 18.2 Å². The maximum Gasteiger partial charge on any atom is 0.130 e. The molecular formula is C8H12NS+. The Bertz CT molecular complexity index is 174. The Kier molecular flexibility index (Phi) is 3.33. The molecule has 0 aliphatic carbocycles. The monoisotopic (exact) mass is 154 g/mol. The van der Waals surface area contributed by atoms with Gasteiger partial charge in [0.05, 0.1) is 0 Å². The minimum Gasteiger partial charge on any atom is -0.305 e. The van der Waals surface area contributed by atoms with E-state index in [1.807, 2.05) is 17.8 Å². The summed E-state index contributed by atoms with van der Waals surface area (Å²) in [6.07, 6.45) is 2.11. The number of hydrogen-bond donors (Lipinski definition) is 1.